The van der Waals surface area contributed by atoms with Gasteiger partial charge in [0.2, 0.25) is 0 Å². The lowest BCUT2D eigenvalue weighted by Gasteiger charge is -2.23. The second-order valence-corrected chi connectivity index (χ2v) is 8.39. The van der Waals surface area contributed by atoms with Crippen LogP contribution in [0, 0.1) is 11.8 Å². The molecule has 1 saturated carbocycles. The van der Waals surface area contributed by atoms with Crippen LogP contribution in [0.5, 0.6) is 0 Å². The predicted molar refractivity (Wildman–Crippen MR) is 124 cm³/mol. The number of ether oxygens (including phenoxy) is 2. The third-order valence-corrected chi connectivity index (χ3v) is 6.08. The smallest absolute Gasteiger partial charge is 0.306 e. The molecule has 0 aliphatic heterocycles. The number of hydrogen-bond acceptors (Lipinski definition) is 5. The van der Waals surface area contributed by atoms with Crippen LogP contribution >= 0.6 is 0 Å². The van der Waals surface area contributed by atoms with Crippen LogP contribution in [-0.4, -0.2) is 35.0 Å². The van der Waals surface area contributed by atoms with Gasteiger partial charge in [-0.2, -0.15) is 0 Å². The minimum absolute atomic E-state index is 0.00226. The number of carbonyl (C=O) groups excluding carboxylic acids is 1. The van der Waals surface area contributed by atoms with E-state index in [1.54, 1.807) is 0 Å². The molecular formula is C27H34O5. The summed E-state index contributed by atoms with van der Waals surface area (Å²) < 4.78 is 11.3. The molecule has 172 valence electrons. The first-order valence-corrected chi connectivity index (χ1v) is 11.5. The summed E-state index contributed by atoms with van der Waals surface area (Å²) in [5.74, 6) is -0.286. The van der Waals surface area contributed by atoms with E-state index in [0.29, 0.717) is 32.5 Å². The van der Waals surface area contributed by atoms with E-state index >= 15 is 0 Å². The second-order valence-electron chi connectivity index (χ2n) is 8.39. The van der Waals surface area contributed by atoms with Crippen LogP contribution in [0.15, 0.2) is 72.8 Å². The molecule has 2 N–H and O–H groups in total. The molecule has 1 fully saturated rings. The molecule has 1 unspecified atom stereocenters. The number of benzene rings is 2. The van der Waals surface area contributed by atoms with Gasteiger partial charge in [-0.05, 0) is 36.3 Å². The Balaban J connectivity index is 1.34. The van der Waals surface area contributed by atoms with E-state index in [2.05, 4.69) is 0 Å². The normalized spacial score (nSPS) is 22.9. The van der Waals surface area contributed by atoms with Gasteiger partial charge in [0, 0.05) is 25.4 Å². The molecule has 0 aromatic heterocycles. The molecule has 5 nitrogen and oxygen atoms in total. The van der Waals surface area contributed by atoms with Crippen LogP contribution in [0.3, 0.4) is 0 Å². The lowest BCUT2D eigenvalue weighted by Crippen LogP contribution is -2.26. The molecule has 1 aliphatic rings. The maximum Gasteiger partial charge on any atom is 0.306 e. The molecule has 2 aromatic carbocycles. The molecule has 5 heteroatoms. The van der Waals surface area contributed by atoms with Crippen LogP contribution in [0.1, 0.15) is 43.2 Å². The Morgan fingerprint density at radius 3 is 2.25 bits per heavy atom. The maximum absolute atomic E-state index is 11.9. The van der Waals surface area contributed by atoms with Gasteiger partial charge in [-0.1, -0.05) is 72.8 Å². The lowest BCUT2D eigenvalue weighted by atomic mass is 9.91. The SMILES string of the molecule is O=C(CCC/C=C\C[C@H]1C(O)C[C@@H](OCc2ccccc2)[C@H]1CO)OCc1ccccc1. The van der Waals surface area contributed by atoms with Gasteiger partial charge in [0.1, 0.15) is 6.61 Å². The summed E-state index contributed by atoms with van der Waals surface area (Å²) in [6.07, 6.45) is 6.59. The number of aliphatic hydroxyl groups is 2. The summed E-state index contributed by atoms with van der Waals surface area (Å²) in [7, 11) is 0. The quantitative estimate of drug-likeness (QED) is 0.291. The topological polar surface area (TPSA) is 76.0 Å². The molecular weight excluding hydrogens is 404 g/mol. The Hall–Kier alpha value is -2.47. The molecule has 32 heavy (non-hydrogen) atoms. The van der Waals surface area contributed by atoms with Crippen molar-refractivity contribution >= 4 is 5.97 Å². The predicted octanol–water partition coefficient (Wildman–Crippen LogP) is 4.42. The van der Waals surface area contributed by atoms with Gasteiger partial charge < -0.3 is 19.7 Å². The van der Waals surface area contributed by atoms with Crippen molar-refractivity contribution in [2.75, 3.05) is 6.61 Å². The first kappa shape index (κ1) is 24.2. The fraction of sp³-hybridized carbons (Fsp3) is 0.444. The first-order chi connectivity index (χ1) is 15.7. The summed E-state index contributed by atoms with van der Waals surface area (Å²) in [6.45, 7) is 0.797. The molecule has 0 amide bonds. The van der Waals surface area contributed by atoms with Crippen molar-refractivity contribution in [1.29, 1.82) is 0 Å². The lowest BCUT2D eigenvalue weighted by molar-refractivity contribution is -0.145. The van der Waals surface area contributed by atoms with Crippen LogP contribution in [-0.2, 0) is 27.5 Å². The van der Waals surface area contributed by atoms with Gasteiger partial charge in [-0.3, -0.25) is 4.79 Å². The molecule has 4 atom stereocenters. The highest BCUT2D eigenvalue weighted by molar-refractivity contribution is 5.69. The highest BCUT2D eigenvalue weighted by Gasteiger charge is 2.42. The Labute approximate surface area is 190 Å². The molecule has 0 bridgehead atoms. The van der Waals surface area contributed by atoms with Gasteiger partial charge in [0.25, 0.3) is 0 Å². The standard InChI is InChI=1S/C27H34O5/c28-18-24-23(25(29)17-26(24)31-19-21-11-5-3-6-12-21)15-9-1-2-10-16-27(30)32-20-22-13-7-4-8-14-22/h1,3-9,11-14,23-26,28-29H,2,10,15-20H2/b9-1-/t23-,24+,25?,26-/m1/s1. The molecule has 0 radical (unpaired) electrons. The van der Waals surface area contributed by atoms with Gasteiger partial charge in [0.05, 0.1) is 18.8 Å². The van der Waals surface area contributed by atoms with Crippen molar-refractivity contribution in [3.05, 3.63) is 83.9 Å². The Bertz CT molecular complexity index is 820. The Morgan fingerprint density at radius 2 is 1.59 bits per heavy atom. The van der Waals surface area contributed by atoms with Crippen molar-refractivity contribution in [3.8, 4) is 0 Å². The zero-order chi connectivity index (χ0) is 22.6. The van der Waals surface area contributed by atoms with Crippen molar-refractivity contribution in [2.24, 2.45) is 11.8 Å². The minimum atomic E-state index is -0.481. The Kier molecular flexibility index (Phi) is 9.95. The summed E-state index contributed by atoms with van der Waals surface area (Å²) >= 11 is 0. The highest BCUT2D eigenvalue weighted by Crippen LogP contribution is 2.37. The average Bonchev–Trinajstić information content (AvgIpc) is 3.14. The van der Waals surface area contributed by atoms with Crippen molar-refractivity contribution in [1.82, 2.24) is 0 Å². The fourth-order valence-electron chi connectivity index (χ4n) is 4.25. The Morgan fingerprint density at radius 1 is 0.938 bits per heavy atom. The maximum atomic E-state index is 11.9. The molecule has 3 rings (SSSR count). The zero-order valence-corrected chi connectivity index (χ0v) is 18.5. The van der Waals surface area contributed by atoms with Crippen LogP contribution < -0.4 is 0 Å². The van der Waals surface area contributed by atoms with E-state index in [0.717, 1.165) is 24.0 Å². The third-order valence-electron chi connectivity index (χ3n) is 6.08. The molecule has 0 spiro atoms. The van der Waals surface area contributed by atoms with E-state index in [-0.39, 0.29) is 30.5 Å². The number of rotatable bonds is 12. The number of allylic oxidation sites excluding steroid dienone is 2. The summed E-state index contributed by atoms with van der Waals surface area (Å²) in [4.78, 5) is 11.9. The molecule has 0 saturated heterocycles. The van der Waals surface area contributed by atoms with Gasteiger partial charge in [-0.25, -0.2) is 0 Å². The van der Waals surface area contributed by atoms with E-state index in [1.165, 1.54) is 0 Å². The highest BCUT2D eigenvalue weighted by atomic mass is 16.5. The van der Waals surface area contributed by atoms with E-state index in [4.69, 9.17) is 9.47 Å². The van der Waals surface area contributed by atoms with Crippen molar-refractivity contribution in [2.45, 2.75) is 57.5 Å². The number of esters is 1. The molecule has 1 aliphatic carbocycles. The monoisotopic (exact) mass is 438 g/mol. The van der Waals surface area contributed by atoms with Crippen molar-refractivity contribution in [3.63, 3.8) is 0 Å². The van der Waals surface area contributed by atoms with Gasteiger partial charge in [0.15, 0.2) is 0 Å². The summed E-state index contributed by atoms with van der Waals surface area (Å²) in [5, 5.41) is 20.4. The van der Waals surface area contributed by atoms with Gasteiger partial charge in [-0.15, -0.1) is 0 Å². The minimum Gasteiger partial charge on any atom is -0.461 e. The van der Waals surface area contributed by atoms with Crippen molar-refractivity contribution < 1.29 is 24.5 Å². The second kappa shape index (κ2) is 13.2. The summed E-state index contributed by atoms with van der Waals surface area (Å²) in [6, 6.07) is 19.6. The largest absolute Gasteiger partial charge is 0.461 e. The summed E-state index contributed by atoms with van der Waals surface area (Å²) in [5.41, 5.74) is 2.07. The number of aliphatic hydroxyl groups excluding tert-OH is 2. The number of hydrogen-bond donors (Lipinski definition) is 2. The van der Waals surface area contributed by atoms with E-state index < -0.39 is 6.10 Å². The van der Waals surface area contributed by atoms with Crippen LogP contribution in [0.2, 0.25) is 0 Å². The average molecular weight is 439 g/mol. The first-order valence-electron chi connectivity index (χ1n) is 11.5. The fourth-order valence-corrected chi connectivity index (χ4v) is 4.25. The van der Waals surface area contributed by atoms with E-state index in [1.807, 2.05) is 72.8 Å². The van der Waals surface area contributed by atoms with Crippen LogP contribution in [0.4, 0.5) is 0 Å². The van der Waals surface area contributed by atoms with Crippen LogP contribution in [0.25, 0.3) is 0 Å². The van der Waals surface area contributed by atoms with E-state index in [9.17, 15) is 15.0 Å². The number of unbranched alkanes of at least 4 members (excludes halogenated alkanes) is 1. The third kappa shape index (κ3) is 7.59. The number of carbonyl (C=O) groups is 1. The zero-order valence-electron chi connectivity index (χ0n) is 18.5. The molecule has 0 heterocycles. The van der Waals surface area contributed by atoms with Gasteiger partial charge >= 0.3 is 5.97 Å². The molecule has 2 aromatic rings.